The second-order valence-electron chi connectivity index (χ2n) is 5.23. The van der Waals surface area contributed by atoms with Crippen LogP contribution in [0.4, 0.5) is 11.4 Å². The van der Waals surface area contributed by atoms with Crippen molar-refractivity contribution in [2.45, 2.75) is 13.8 Å². The Labute approximate surface area is 108 Å². The Morgan fingerprint density at radius 2 is 2.00 bits per heavy atom. The van der Waals surface area contributed by atoms with Gasteiger partial charge in [-0.15, -0.1) is 0 Å². The average molecular weight is 257 g/mol. The van der Waals surface area contributed by atoms with Crippen molar-refractivity contribution >= 4 is 23.0 Å². The van der Waals surface area contributed by atoms with Crippen LogP contribution in [0.15, 0.2) is 18.2 Å². The molecule has 0 saturated carbocycles. The molecule has 0 atom stereocenters. The van der Waals surface area contributed by atoms with Gasteiger partial charge in [0.2, 0.25) is 0 Å². The minimum atomic E-state index is -0.147. The molecular formula is C13H21ClN2O. The minimum absolute atomic E-state index is 0.147. The molecule has 0 heterocycles. The predicted molar refractivity (Wildman–Crippen MR) is 75.1 cm³/mol. The number of nitrogens with one attached hydrogen (secondary N) is 1. The largest absolute Gasteiger partial charge is 0.396 e. The summed E-state index contributed by atoms with van der Waals surface area (Å²) in [5.41, 5.74) is 1.93. The van der Waals surface area contributed by atoms with Gasteiger partial charge in [-0.1, -0.05) is 25.4 Å². The molecule has 0 aliphatic carbocycles. The Balaban J connectivity index is 2.85. The zero-order valence-corrected chi connectivity index (χ0v) is 11.7. The summed E-state index contributed by atoms with van der Waals surface area (Å²) in [6.45, 7) is 4.88. The Bertz CT molecular complexity index is 378. The molecule has 0 spiro atoms. The highest BCUT2D eigenvalue weighted by atomic mass is 35.5. The molecule has 1 aromatic rings. The van der Waals surface area contributed by atoms with E-state index in [1.165, 1.54) is 0 Å². The molecule has 96 valence electrons. The molecule has 0 aliphatic rings. The normalized spacial score (nSPS) is 11.4. The van der Waals surface area contributed by atoms with Gasteiger partial charge >= 0.3 is 0 Å². The van der Waals surface area contributed by atoms with Crippen LogP contribution in [0.5, 0.6) is 0 Å². The Hall–Kier alpha value is -0.930. The number of anilines is 2. The summed E-state index contributed by atoms with van der Waals surface area (Å²) in [4.78, 5) is 2.03. The van der Waals surface area contributed by atoms with Crippen molar-refractivity contribution in [3.8, 4) is 0 Å². The van der Waals surface area contributed by atoms with Gasteiger partial charge in [0.25, 0.3) is 0 Å². The number of nitrogens with zero attached hydrogens (tertiary/aromatic N) is 1. The van der Waals surface area contributed by atoms with Gasteiger partial charge in [-0.25, -0.2) is 0 Å². The first kappa shape index (κ1) is 14.1. The monoisotopic (exact) mass is 256 g/mol. The molecular weight excluding hydrogens is 236 g/mol. The molecule has 0 aromatic heterocycles. The minimum Gasteiger partial charge on any atom is -0.396 e. The van der Waals surface area contributed by atoms with Crippen molar-refractivity contribution in [3.05, 3.63) is 23.2 Å². The topological polar surface area (TPSA) is 35.5 Å². The summed E-state index contributed by atoms with van der Waals surface area (Å²) in [6, 6.07) is 5.76. The van der Waals surface area contributed by atoms with Crippen LogP contribution in [0.3, 0.4) is 0 Å². The molecule has 0 saturated heterocycles. The summed E-state index contributed by atoms with van der Waals surface area (Å²) < 4.78 is 0. The number of halogens is 1. The first-order valence-electron chi connectivity index (χ1n) is 5.67. The van der Waals surface area contributed by atoms with Gasteiger partial charge in [0.15, 0.2) is 0 Å². The van der Waals surface area contributed by atoms with E-state index in [1.54, 1.807) is 0 Å². The number of rotatable bonds is 5. The van der Waals surface area contributed by atoms with Crippen molar-refractivity contribution < 1.29 is 5.11 Å². The fourth-order valence-electron chi connectivity index (χ4n) is 1.43. The molecule has 0 unspecified atom stereocenters. The van der Waals surface area contributed by atoms with E-state index in [1.807, 2.05) is 51.0 Å². The van der Waals surface area contributed by atoms with Crippen molar-refractivity contribution in [1.29, 1.82) is 0 Å². The second kappa shape index (κ2) is 5.61. The molecule has 4 heteroatoms. The lowest BCUT2D eigenvalue weighted by molar-refractivity contribution is 0.171. The van der Waals surface area contributed by atoms with Gasteiger partial charge < -0.3 is 15.3 Å². The predicted octanol–water partition coefficient (Wildman–Crippen LogP) is 2.84. The van der Waals surface area contributed by atoms with Crippen LogP contribution >= 0.6 is 11.6 Å². The van der Waals surface area contributed by atoms with Crippen molar-refractivity contribution in [1.82, 2.24) is 0 Å². The third-order valence-corrected chi connectivity index (χ3v) is 2.86. The van der Waals surface area contributed by atoms with Crippen molar-refractivity contribution in [2.24, 2.45) is 5.41 Å². The van der Waals surface area contributed by atoms with E-state index < -0.39 is 0 Å². The van der Waals surface area contributed by atoms with E-state index in [0.29, 0.717) is 11.6 Å². The smallest absolute Gasteiger partial charge is 0.0597 e. The molecule has 3 nitrogen and oxygen atoms in total. The third-order valence-electron chi connectivity index (χ3n) is 2.63. The van der Waals surface area contributed by atoms with Gasteiger partial charge in [-0.3, -0.25) is 0 Å². The fourth-order valence-corrected chi connectivity index (χ4v) is 1.60. The highest BCUT2D eigenvalue weighted by Crippen LogP contribution is 2.28. The number of hydrogen-bond acceptors (Lipinski definition) is 3. The molecule has 0 radical (unpaired) electrons. The summed E-state index contributed by atoms with van der Waals surface area (Å²) in [5, 5.41) is 13.3. The van der Waals surface area contributed by atoms with E-state index in [-0.39, 0.29) is 12.0 Å². The van der Waals surface area contributed by atoms with Crippen LogP contribution < -0.4 is 10.2 Å². The van der Waals surface area contributed by atoms with Crippen LogP contribution in [0.2, 0.25) is 5.02 Å². The summed E-state index contributed by atoms with van der Waals surface area (Å²) in [5.74, 6) is 0. The quantitative estimate of drug-likeness (QED) is 0.851. The zero-order valence-electron chi connectivity index (χ0n) is 10.9. The maximum Gasteiger partial charge on any atom is 0.0597 e. The van der Waals surface area contributed by atoms with Gasteiger partial charge in [0.1, 0.15) is 0 Å². The Morgan fingerprint density at radius 3 is 2.53 bits per heavy atom. The van der Waals surface area contributed by atoms with Crippen LogP contribution in [0.1, 0.15) is 13.8 Å². The van der Waals surface area contributed by atoms with E-state index in [2.05, 4.69) is 5.32 Å². The van der Waals surface area contributed by atoms with Gasteiger partial charge in [0.05, 0.1) is 11.4 Å². The standard InChI is InChI=1S/C13H21ClN2O/c1-13(2,9-17)8-15-11-7-10(14)5-6-12(11)16(3)4/h5-7,15,17H,8-9H2,1-4H3. The molecule has 0 aliphatic heterocycles. The lowest BCUT2D eigenvalue weighted by Gasteiger charge is -2.25. The third kappa shape index (κ3) is 4.10. The molecule has 1 rings (SSSR count). The van der Waals surface area contributed by atoms with E-state index in [0.717, 1.165) is 11.4 Å². The maximum atomic E-state index is 9.23. The van der Waals surface area contributed by atoms with Gasteiger partial charge in [0, 0.05) is 37.7 Å². The number of aliphatic hydroxyl groups excluding tert-OH is 1. The summed E-state index contributed by atoms with van der Waals surface area (Å²) in [7, 11) is 3.98. The number of aliphatic hydroxyl groups is 1. The lowest BCUT2D eigenvalue weighted by Crippen LogP contribution is -2.27. The van der Waals surface area contributed by atoms with Crippen LogP contribution in [0, 0.1) is 5.41 Å². The summed E-state index contributed by atoms with van der Waals surface area (Å²) in [6.07, 6.45) is 0. The Kier molecular flexibility index (Phi) is 4.66. The van der Waals surface area contributed by atoms with Crippen molar-refractivity contribution in [3.63, 3.8) is 0 Å². The summed E-state index contributed by atoms with van der Waals surface area (Å²) >= 11 is 6.00. The first-order valence-corrected chi connectivity index (χ1v) is 6.05. The molecule has 2 N–H and O–H groups in total. The highest BCUT2D eigenvalue weighted by molar-refractivity contribution is 6.31. The molecule has 1 aromatic carbocycles. The van der Waals surface area contributed by atoms with E-state index in [9.17, 15) is 5.11 Å². The van der Waals surface area contributed by atoms with Gasteiger partial charge in [-0.2, -0.15) is 0 Å². The lowest BCUT2D eigenvalue weighted by atomic mass is 9.95. The van der Waals surface area contributed by atoms with E-state index >= 15 is 0 Å². The van der Waals surface area contributed by atoms with Crippen molar-refractivity contribution in [2.75, 3.05) is 37.5 Å². The van der Waals surface area contributed by atoms with Crippen LogP contribution in [-0.2, 0) is 0 Å². The maximum absolute atomic E-state index is 9.23. The average Bonchev–Trinajstić information content (AvgIpc) is 2.26. The molecule has 17 heavy (non-hydrogen) atoms. The van der Waals surface area contributed by atoms with Crippen LogP contribution in [-0.4, -0.2) is 32.4 Å². The van der Waals surface area contributed by atoms with E-state index in [4.69, 9.17) is 11.6 Å². The molecule has 0 fully saturated rings. The second-order valence-corrected chi connectivity index (χ2v) is 5.67. The zero-order chi connectivity index (χ0) is 13.1. The van der Waals surface area contributed by atoms with Gasteiger partial charge in [-0.05, 0) is 18.2 Å². The fraction of sp³-hybridized carbons (Fsp3) is 0.538. The number of benzene rings is 1. The SMILES string of the molecule is CN(C)c1ccc(Cl)cc1NCC(C)(C)CO. The number of hydrogen-bond donors (Lipinski definition) is 2. The molecule has 0 bridgehead atoms. The first-order chi connectivity index (χ1) is 7.85. The molecule has 0 amide bonds. The van der Waals surface area contributed by atoms with Crippen LogP contribution in [0.25, 0.3) is 0 Å². The Morgan fingerprint density at radius 1 is 1.35 bits per heavy atom. The highest BCUT2D eigenvalue weighted by Gasteiger charge is 2.17.